The van der Waals surface area contributed by atoms with E-state index < -0.39 is 17.4 Å². The highest BCUT2D eigenvalue weighted by Crippen LogP contribution is 2.29. The zero-order valence-corrected chi connectivity index (χ0v) is 15.5. The summed E-state index contributed by atoms with van der Waals surface area (Å²) in [5.74, 6) is -1.65. The van der Waals surface area contributed by atoms with Crippen LogP contribution in [0, 0.1) is 0 Å². The van der Waals surface area contributed by atoms with Gasteiger partial charge in [-0.2, -0.15) is 0 Å². The summed E-state index contributed by atoms with van der Waals surface area (Å²) in [6, 6.07) is 1.24. The van der Waals surface area contributed by atoms with Crippen molar-refractivity contribution in [2.75, 3.05) is 6.54 Å². The van der Waals surface area contributed by atoms with Crippen LogP contribution in [-0.2, 0) is 11.2 Å². The summed E-state index contributed by atoms with van der Waals surface area (Å²) in [4.78, 5) is 36.7. The first-order chi connectivity index (χ1) is 12.4. The third-order valence-electron chi connectivity index (χ3n) is 4.89. The molecule has 7 nitrogen and oxygen atoms in total. The normalized spacial score (nSPS) is 16.1. The number of carbonyl (C=O) groups excluding carboxylic acids is 2. The van der Waals surface area contributed by atoms with Crippen LogP contribution in [0.4, 0.5) is 0 Å². The van der Waals surface area contributed by atoms with Crippen molar-refractivity contribution in [3.8, 4) is 0 Å². The molecular formula is C19H28N2O5. The van der Waals surface area contributed by atoms with Gasteiger partial charge in [-0.1, -0.05) is 39.5 Å². The maximum atomic E-state index is 12.7. The van der Waals surface area contributed by atoms with Gasteiger partial charge in [0.1, 0.15) is 16.9 Å². The number of aromatic carboxylic acids is 1. The molecular weight excluding hydrogens is 336 g/mol. The Hall–Kier alpha value is -2.31. The van der Waals surface area contributed by atoms with Crippen molar-refractivity contribution in [1.29, 1.82) is 0 Å². The Morgan fingerprint density at radius 2 is 1.88 bits per heavy atom. The fraction of sp³-hybridized carbons (Fsp3) is 0.632. The van der Waals surface area contributed by atoms with E-state index in [9.17, 15) is 19.5 Å². The Morgan fingerprint density at radius 3 is 2.42 bits per heavy atom. The molecule has 2 amide bonds. The van der Waals surface area contributed by atoms with E-state index in [1.807, 2.05) is 6.92 Å². The largest absolute Gasteiger partial charge is 0.478 e. The second-order valence-corrected chi connectivity index (χ2v) is 6.81. The smallest absolute Gasteiger partial charge is 0.339 e. The molecule has 0 radical (unpaired) electrons. The van der Waals surface area contributed by atoms with Crippen LogP contribution in [0.1, 0.15) is 85.5 Å². The molecule has 26 heavy (non-hydrogen) atoms. The van der Waals surface area contributed by atoms with Crippen LogP contribution >= 0.6 is 0 Å². The lowest BCUT2D eigenvalue weighted by atomic mass is 9.80. The number of aryl methyl sites for hydroxylation is 1. The third-order valence-corrected chi connectivity index (χ3v) is 4.89. The molecule has 0 atom stereocenters. The highest BCUT2D eigenvalue weighted by Gasteiger charge is 2.41. The van der Waals surface area contributed by atoms with E-state index in [2.05, 4.69) is 10.6 Å². The molecule has 0 saturated heterocycles. The second-order valence-electron chi connectivity index (χ2n) is 6.81. The lowest BCUT2D eigenvalue weighted by molar-refractivity contribution is -0.128. The topological polar surface area (TPSA) is 109 Å². The first-order valence-electron chi connectivity index (χ1n) is 9.40. The average molecular weight is 364 g/mol. The van der Waals surface area contributed by atoms with E-state index in [1.165, 1.54) is 6.07 Å². The number of carboxylic acid groups (broad SMARTS) is 1. The van der Waals surface area contributed by atoms with Gasteiger partial charge in [-0.15, -0.1) is 0 Å². The zero-order valence-electron chi connectivity index (χ0n) is 15.5. The Labute approximate surface area is 153 Å². The molecule has 0 spiro atoms. The van der Waals surface area contributed by atoms with E-state index in [1.54, 1.807) is 6.92 Å². The standard InChI is InChI=1S/C19H28N2O5/c1-3-5-11-20-18(25)19(9-7-6-8-10-19)21-16(22)15-12-13(17(23)24)14(4-2)26-15/h12H,3-11H2,1-2H3,(H,20,25)(H,21,22)(H,23,24). The summed E-state index contributed by atoms with van der Waals surface area (Å²) < 4.78 is 5.43. The van der Waals surface area contributed by atoms with Crippen LogP contribution in [0.15, 0.2) is 10.5 Å². The van der Waals surface area contributed by atoms with Crippen molar-refractivity contribution < 1.29 is 23.9 Å². The molecule has 2 rings (SSSR count). The number of hydrogen-bond acceptors (Lipinski definition) is 4. The number of amides is 2. The van der Waals surface area contributed by atoms with Crippen molar-refractivity contribution in [2.45, 2.75) is 70.8 Å². The van der Waals surface area contributed by atoms with Crippen molar-refractivity contribution in [1.82, 2.24) is 10.6 Å². The highest BCUT2D eigenvalue weighted by molar-refractivity contribution is 5.99. The zero-order chi connectivity index (χ0) is 19.2. The van der Waals surface area contributed by atoms with Crippen LogP contribution < -0.4 is 10.6 Å². The van der Waals surface area contributed by atoms with Gasteiger partial charge < -0.3 is 20.2 Å². The molecule has 3 N–H and O–H groups in total. The quantitative estimate of drug-likeness (QED) is 0.615. The molecule has 0 bridgehead atoms. The summed E-state index contributed by atoms with van der Waals surface area (Å²) in [5, 5.41) is 15.0. The van der Waals surface area contributed by atoms with Gasteiger partial charge in [0, 0.05) is 19.0 Å². The molecule has 1 aromatic rings. The molecule has 7 heteroatoms. The number of carboxylic acids is 1. The predicted molar refractivity (Wildman–Crippen MR) is 96.2 cm³/mol. The van der Waals surface area contributed by atoms with Gasteiger partial charge in [-0.25, -0.2) is 4.79 Å². The minimum atomic E-state index is -1.13. The van der Waals surface area contributed by atoms with E-state index in [-0.39, 0.29) is 23.0 Å². The number of rotatable bonds is 8. The van der Waals surface area contributed by atoms with Crippen LogP contribution in [0.3, 0.4) is 0 Å². The number of nitrogens with one attached hydrogen (secondary N) is 2. The van der Waals surface area contributed by atoms with E-state index >= 15 is 0 Å². The molecule has 1 aliphatic carbocycles. The van der Waals surface area contributed by atoms with Gasteiger partial charge in [0.2, 0.25) is 5.91 Å². The Bertz CT molecular complexity index is 659. The lowest BCUT2D eigenvalue weighted by Crippen LogP contribution is -2.59. The monoisotopic (exact) mass is 364 g/mol. The lowest BCUT2D eigenvalue weighted by Gasteiger charge is -2.36. The summed E-state index contributed by atoms with van der Waals surface area (Å²) in [7, 11) is 0. The fourth-order valence-corrected chi connectivity index (χ4v) is 3.38. The summed E-state index contributed by atoms with van der Waals surface area (Å²) in [5.41, 5.74) is -0.964. The Kier molecular flexibility index (Phi) is 6.83. The van der Waals surface area contributed by atoms with Gasteiger partial charge in [-0.3, -0.25) is 9.59 Å². The average Bonchev–Trinajstić information content (AvgIpc) is 3.07. The van der Waals surface area contributed by atoms with Crippen LogP contribution in [0.2, 0.25) is 0 Å². The van der Waals surface area contributed by atoms with Gasteiger partial charge in [0.15, 0.2) is 5.76 Å². The SMILES string of the molecule is CCCCNC(=O)C1(NC(=O)c2cc(C(=O)O)c(CC)o2)CCCCC1. The second kappa shape index (κ2) is 8.87. The number of furan rings is 1. The molecule has 144 valence electrons. The van der Waals surface area contributed by atoms with Crippen molar-refractivity contribution in [3.63, 3.8) is 0 Å². The summed E-state index contributed by atoms with van der Waals surface area (Å²) in [6.07, 6.45) is 6.13. The van der Waals surface area contributed by atoms with Gasteiger partial charge in [-0.05, 0) is 19.3 Å². The highest BCUT2D eigenvalue weighted by atomic mass is 16.4. The minimum Gasteiger partial charge on any atom is -0.478 e. The van der Waals surface area contributed by atoms with Gasteiger partial charge >= 0.3 is 5.97 Å². The summed E-state index contributed by atoms with van der Waals surface area (Å²) in [6.45, 7) is 4.39. The molecule has 1 saturated carbocycles. The molecule has 1 aliphatic rings. The van der Waals surface area contributed by atoms with Crippen LogP contribution in [0.5, 0.6) is 0 Å². The molecule has 0 unspecified atom stereocenters. The molecule has 1 aromatic heterocycles. The molecule has 0 aromatic carbocycles. The maximum Gasteiger partial charge on any atom is 0.339 e. The Balaban J connectivity index is 2.18. The Morgan fingerprint density at radius 1 is 1.19 bits per heavy atom. The third kappa shape index (κ3) is 4.45. The maximum absolute atomic E-state index is 12.7. The molecule has 1 fully saturated rings. The predicted octanol–water partition coefficient (Wildman–Crippen LogP) is 2.89. The van der Waals surface area contributed by atoms with E-state index in [4.69, 9.17) is 4.42 Å². The van der Waals surface area contributed by atoms with E-state index in [0.717, 1.165) is 32.1 Å². The van der Waals surface area contributed by atoms with Gasteiger partial charge in [0.25, 0.3) is 5.91 Å². The molecule has 1 heterocycles. The van der Waals surface area contributed by atoms with Gasteiger partial charge in [0.05, 0.1) is 0 Å². The fourth-order valence-electron chi connectivity index (χ4n) is 3.38. The van der Waals surface area contributed by atoms with Crippen LogP contribution in [-0.4, -0.2) is 35.0 Å². The first kappa shape index (κ1) is 20.0. The first-order valence-corrected chi connectivity index (χ1v) is 9.40. The van der Waals surface area contributed by atoms with Crippen LogP contribution in [0.25, 0.3) is 0 Å². The van der Waals surface area contributed by atoms with E-state index in [0.29, 0.717) is 25.8 Å². The summed E-state index contributed by atoms with van der Waals surface area (Å²) >= 11 is 0. The van der Waals surface area contributed by atoms with Crippen molar-refractivity contribution in [2.24, 2.45) is 0 Å². The number of unbranched alkanes of at least 4 members (excludes halogenated alkanes) is 1. The van der Waals surface area contributed by atoms with Crippen molar-refractivity contribution >= 4 is 17.8 Å². The number of hydrogen-bond donors (Lipinski definition) is 3. The molecule has 0 aliphatic heterocycles. The minimum absolute atomic E-state index is 0.0114. The van der Waals surface area contributed by atoms with Crippen molar-refractivity contribution in [3.05, 3.63) is 23.2 Å². The number of carbonyl (C=O) groups is 3.